The summed E-state index contributed by atoms with van der Waals surface area (Å²) in [5.41, 5.74) is 8.56. The van der Waals surface area contributed by atoms with E-state index in [2.05, 4.69) is 25.8 Å². The minimum Gasteiger partial charge on any atom is -0.397 e. The predicted octanol–water partition coefficient (Wildman–Crippen LogP) is 3.49. The molecule has 0 aliphatic rings. The van der Waals surface area contributed by atoms with Gasteiger partial charge in [0.25, 0.3) is 5.91 Å². The van der Waals surface area contributed by atoms with Crippen molar-refractivity contribution >= 4 is 41.1 Å². The van der Waals surface area contributed by atoms with Gasteiger partial charge in [-0.3, -0.25) is 4.79 Å². The van der Waals surface area contributed by atoms with E-state index in [0.717, 1.165) is 5.56 Å². The molecule has 0 unspecified atom stereocenters. The van der Waals surface area contributed by atoms with Crippen LogP contribution in [0.15, 0.2) is 59.8 Å². The summed E-state index contributed by atoms with van der Waals surface area (Å²) >= 11 is 1.48. The Morgan fingerprint density at radius 2 is 2.00 bits per heavy atom. The average molecular weight is 380 g/mol. The number of nitrogens with zero attached hydrogens (tertiary/aromatic N) is 2. The molecule has 5 N–H and O–H groups in total. The molecule has 1 heterocycles. The van der Waals surface area contributed by atoms with Gasteiger partial charge in [0.05, 0.1) is 11.4 Å². The van der Waals surface area contributed by atoms with Crippen LogP contribution in [-0.2, 0) is 0 Å². The number of nitrogens with two attached hydrogens (primary N) is 1. The third kappa shape index (κ3) is 5.11. The van der Waals surface area contributed by atoms with E-state index < -0.39 is 0 Å². The SMILES string of the molecule is CSc1n[nH]c(NC/C=C\c2ccc(C(=O)Nc3ccccc3N)cc2)n1. The Hall–Kier alpha value is -3.26. The maximum atomic E-state index is 12.3. The molecule has 1 amide bonds. The molecule has 0 saturated carbocycles. The summed E-state index contributed by atoms with van der Waals surface area (Å²) in [6.45, 7) is 0.610. The second-order valence-electron chi connectivity index (χ2n) is 5.62. The molecule has 2 aromatic carbocycles. The second-order valence-corrected chi connectivity index (χ2v) is 6.39. The first-order valence-corrected chi connectivity index (χ1v) is 9.51. The van der Waals surface area contributed by atoms with E-state index in [-0.39, 0.29) is 5.91 Å². The maximum absolute atomic E-state index is 12.3. The second kappa shape index (κ2) is 8.91. The van der Waals surface area contributed by atoms with Gasteiger partial charge in [-0.25, -0.2) is 5.10 Å². The lowest BCUT2D eigenvalue weighted by molar-refractivity contribution is 0.102. The highest BCUT2D eigenvalue weighted by molar-refractivity contribution is 7.98. The number of aromatic nitrogens is 3. The van der Waals surface area contributed by atoms with E-state index in [0.29, 0.717) is 34.6 Å². The fourth-order valence-electron chi connectivity index (χ4n) is 2.32. The van der Waals surface area contributed by atoms with Crippen molar-refractivity contribution < 1.29 is 4.79 Å². The van der Waals surface area contributed by atoms with Crippen LogP contribution in [0.4, 0.5) is 17.3 Å². The molecule has 8 heteroatoms. The topological polar surface area (TPSA) is 109 Å². The quantitative estimate of drug-likeness (QED) is 0.369. The Labute approximate surface area is 161 Å². The number of benzene rings is 2. The molecule has 138 valence electrons. The number of amides is 1. The van der Waals surface area contributed by atoms with Crippen LogP contribution in [0.1, 0.15) is 15.9 Å². The summed E-state index contributed by atoms with van der Waals surface area (Å²) in [5.74, 6) is 0.441. The van der Waals surface area contributed by atoms with E-state index in [9.17, 15) is 4.79 Å². The summed E-state index contributed by atoms with van der Waals surface area (Å²) < 4.78 is 0. The summed E-state index contributed by atoms with van der Waals surface area (Å²) in [5, 5.41) is 13.5. The van der Waals surface area contributed by atoms with Gasteiger partial charge in [-0.1, -0.05) is 48.2 Å². The minimum atomic E-state index is -0.194. The zero-order valence-corrected chi connectivity index (χ0v) is 15.6. The van der Waals surface area contributed by atoms with Crippen molar-refractivity contribution in [2.24, 2.45) is 0 Å². The molecular formula is C19H20N6OS. The molecule has 27 heavy (non-hydrogen) atoms. The lowest BCUT2D eigenvalue weighted by Crippen LogP contribution is -2.12. The Bertz CT molecular complexity index is 935. The van der Waals surface area contributed by atoms with Gasteiger partial charge in [0.15, 0.2) is 0 Å². The first kappa shape index (κ1) is 18.5. The Balaban J connectivity index is 1.53. The summed E-state index contributed by atoms with van der Waals surface area (Å²) in [7, 11) is 0. The summed E-state index contributed by atoms with van der Waals surface area (Å²) in [6, 6.07) is 14.5. The van der Waals surface area contributed by atoms with Crippen LogP contribution in [0.25, 0.3) is 6.08 Å². The van der Waals surface area contributed by atoms with Gasteiger partial charge in [0, 0.05) is 12.1 Å². The smallest absolute Gasteiger partial charge is 0.255 e. The third-order valence-electron chi connectivity index (χ3n) is 3.73. The molecule has 0 spiro atoms. The molecule has 0 aliphatic heterocycles. The zero-order valence-electron chi connectivity index (χ0n) is 14.8. The number of hydrogen-bond acceptors (Lipinski definition) is 6. The number of nitrogen functional groups attached to an aromatic ring is 1. The number of rotatable bonds is 7. The number of carbonyl (C=O) groups excluding carboxylic acids is 1. The Morgan fingerprint density at radius 3 is 2.70 bits per heavy atom. The van der Waals surface area contributed by atoms with Crippen molar-refractivity contribution in [3.8, 4) is 0 Å². The first-order chi connectivity index (χ1) is 13.2. The van der Waals surface area contributed by atoms with E-state index in [1.54, 1.807) is 24.3 Å². The highest BCUT2D eigenvalue weighted by Crippen LogP contribution is 2.18. The van der Waals surface area contributed by atoms with E-state index in [4.69, 9.17) is 5.73 Å². The molecule has 3 aromatic rings. The number of nitrogens with one attached hydrogen (secondary N) is 3. The number of carbonyl (C=O) groups is 1. The highest BCUT2D eigenvalue weighted by Gasteiger charge is 2.07. The van der Waals surface area contributed by atoms with Gasteiger partial charge >= 0.3 is 0 Å². The lowest BCUT2D eigenvalue weighted by atomic mass is 10.1. The number of hydrogen-bond donors (Lipinski definition) is 4. The fourth-order valence-corrected chi connectivity index (χ4v) is 2.64. The van der Waals surface area contributed by atoms with E-state index >= 15 is 0 Å². The molecular weight excluding hydrogens is 360 g/mol. The van der Waals surface area contributed by atoms with E-state index in [1.165, 1.54) is 11.8 Å². The number of thioether (sulfide) groups is 1. The van der Waals surface area contributed by atoms with Gasteiger partial charge in [-0.2, -0.15) is 4.98 Å². The lowest BCUT2D eigenvalue weighted by Gasteiger charge is -2.08. The fraction of sp³-hybridized carbons (Fsp3) is 0.105. The van der Waals surface area contributed by atoms with Crippen molar-refractivity contribution in [2.45, 2.75) is 5.16 Å². The highest BCUT2D eigenvalue weighted by atomic mass is 32.2. The van der Waals surface area contributed by atoms with Crippen molar-refractivity contribution in [1.82, 2.24) is 15.2 Å². The molecule has 0 saturated heterocycles. The monoisotopic (exact) mass is 380 g/mol. The first-order valence-electron chi connectivity index (χ1n) is 8.28. The molecule has 0 bridgehead atoms. The van der Waals surface area contributed by atoms with Crippen LogP contribution in [-0.4, -0.2) is 33.9 Å². The van der Waals surface area contributed by atoms with Crippen LogP contribution in [0.3, 0.4) is 0 Å². The molecule has 0 atom stereocenters. The van der Waals surface area contributed by atoms with Crippen molar-refractivity contribution in [1.29, 1.82) is 0 Å². The normalized spacial score (nSPS) is 10.9. The number of H-pyrrole nitrogens is 1. The number of aromatic amines is 1. The molecule has 3 rings (SSSR count). The summed E-state index contributed by atoms with van der Waals surface area (Å²) in [4.78, 5) is 16.6. The average Bonchev–Trinajstić information content (AvgIpc) is 3.15. The van der Waals surface area contributed by atoms with E-state index in [1.807, 2.05) is 42.7 Å². The molecule has 0 fully saturated rings. The zero-order chi connectivity index (χ0) is 19.1. The van der Waals surface area contributed by atoms with Gasteiger partial charge in [0.2, 0.25) is 11.1 Å². The van der Waals surface area contributed by atoms with Crippen LogP contribution < -0.4 is 16.4 Å². The maximum Gasteiger partial charge on any atom is 0.255 e. The standard InChI is InChI=1S/C19H20N6OS/c1-27-19-23-18(24-25-19)21-12-4-5-13-8-10-14(11-9-13)17(26)22-16-7-3-2-6-15(16)20/h2-11H,12,20H2,1H3,(H,22,26)(H2,21,23,24,25)/b5-4-. The number of para-hydroxylation sites is 2. The molecule has 0 aliphatic carbocycles. The summed E-state index contributed by atoms with van der Waals surface area (Å²) in [6.07, 6.45) is 5.86. The Kier molecular flexibility index (Phi) is 6.11. The largest absolute Gasteiger partial charge is 0.397 e. The third-order valence-corrected chi connectivity index (χ3v) is 4.27. The van der Waals surface area contributed by atoms with Crippen LogP contribution in [0.5, 0.6) is 0 Å². The molecule has 1 aromatic heterocycles. The van der Waals surface area contributed by atoms with Crippen molar-refractivity contribution in [3.05, 3.63) is 65.7 Å². The Morgan fingerprint density at radius 1 is 1.22 bits per heavy atom. The van der Waals surface area contributed by atoms with Crippen molar-refractivity contribution in [3.63, 3.8) is 0 Å². The van der Waals surface area contributed by atoms with Gasteiger partial charge in [-0.15, -0.1) is 5.10 Å². The molecule has 7 nitrogen and oxygen atoms in total. The van der Waals surface area contributed by atoms with Gasteiger partial charge in [0.1, 0.15) is 0 Å². The number of anilines is 3. The van der Waals surface area contributed by atoms with Crippen LogP contribution in [0, 0.1) is 0 Å². The van der Waals surface area contributed by atoms with Crippen LogP contribution in [0.2, 0.25) is 0 Å². The molecule has 0 radical (unpaired) electrons. The minimum absolute atomic E-state index is 0.194. The van der Waals surface area contributed by atoms with Gasteiger partial charge in [-0.05, 0) is 36.1 Å². The van der Waals surface area contributed by atoms with Crippen molar-refractivity contribution in [2.75, 3.05) is 29.2 Å². The van der Waals surface area contributed by atoms with Crippen LogP contribution >= 0.6 is 11.8 Å². The predicted molar refractivity (Wildman–Crippen MR) is 111 cm³/mol. The van der Waals surface area contributed by atoms with Gasteiger partial charge < -0.3 is 16.4 Å².